The van der Waals surface area contributed by atoms with Gasteiger partial charge in [-0.25, -0.2) is 0 Å². The largest absolute Gasteiger partial charge is 2.00 e. The molecule has 0 fully saturated rings. The molecule has 0 nitrogen and oxygen atoms in total. The second kappa shape index (κ2) is 16.8. The molecule has 44 heavy (non-hydrogen) atoms. The minimum Gasteiger partial charge on any atom is -0.165 e. The van der Waals surface area contributed by atoms with Crippen LogP contribution >= 0.6 is 7.92 Å². The van der Waals surface area contributed by atoms with Crippen LogP contribution in [0, 0.1) is 6.92 Å². The molecule has 0 amide bonds. The molecule has 0 atom stereocenters. The fourth-order valence-electron chi connectivity index (χ4n) is 5.25. The van der Waals surface area contributed by atoms with Gasteiger partial charge in [-0.2, -0.15) is 12.1 Å². The summed E-state index contributed by atoms with van der Waals surface area (Å²) < 4.78 is 0. The third-order valence-electron chi connectivity index (χ3n) is 7.20. The molecule has 7 aromatic carbocycles. The van der Waals surface area contributed by atoms with E-state index in [4.69, 9.17) is 0 Å². The minimum atomic E-state index is -0.493. The maximum Gasteiger partial charge on any atom is 2.00 e. The molecule has 0 spiro atoms. The summed E-state index contributed by atoms with van der Waals surface area (Å²) in [4.78, 5) is 0. The molecule has 0 aliphatic carbocycles. The summed E-state index contributed by atoms with van der Waals surface area (Å²) in [7, 11) is -0.493. The molecule has 7 rings (SSSR count). The van der Waals surface area contributed by atoms with Crippen LogP contribution in [-0.2, 0) is 26.2 Å². The van der Waals surface area contributed by atoms with E-state index in [1.165, 1.54) is 54.1 Å². The Morgan fingerprint density at radius 1 is 0.614 bits per heavy atom. The van der Waals surface area contributed by atoms with E-state index in [0.717, 1.165) is 0 Å². The van der Waals surface area contributed by atoms with Crippen molar-refractivity contribution >= 4 is 45.4 Å². The van der Waals surface area contributed by atoms with Gasteiger partial charge >= 0.3 is 26.2 Å². The number of benzene rings is 5. The van der Waals surface area contributed by atoms with Crippen LogP contribution in [0.2, 0.25) is 0 Å². The predicted molar refractivity (Wildman–Crippen MR) is 193 cm³/mol. The van der Waals surface area contributed by atoms with Gasteiger partial charge in [0.15, 0.2) is 0 Å². The predicted octanol–water partition coefficient (Wildman–Crippen LogP) is 10.6. The van der Waals surface area contributed by atoms with Gasteiger partial charge in [-0.1, -0.05) is 140 Å². The Labute approximate surface area is 283 Å². The summed E-state index contributed by atoms with van der Waals surface area (Å²) in [6.07, 6.45) is 5.58. The molecule has 0 aromatic heterocycles. The molecule has 0 saturated carbocycles. The standard InChI is InChI=1S/C21H16P.C16H13.C5H8.Zr/c1-3-11-19(12-4-1)22(20-13-5-2-6-14-20)21-15-17-9-7-8-10-18(17)16-21;1-12-10-14-8-5-9-15(16(14)11-12)13-6-3-2-4-7-13;1-3-5-4-2;/h1-16H;2-11H,1H3;3-5H,1H2,2H3;/q2*-1;;+2/b;;5-4+;. The zero-order valence-corrected chi connectivity index (χ0v) is 28.7. The summed E-state index contributed by atoms with van der Waals surface area (Å²) >= 11 is 0. The molecule has 0 saturated heterocycles. The zero-order valence-electron chi connectivity index (χ0n) is 25.4. The fraction of sp³-hybridized carbons (Fsp3) is 0.0476. The quantitative estimate of drug-likeness (QED) is 0.0977. The molecule has 2 heteroatoms. The van der Waals surface area contributed by atoms with Crippen LogP contribution in [0.3, 0.4) is 0 Å². The summed E-state index contributed by atoms with van der Waals surface area (Å²) in [5.74, 6) is 0. The molecule has 0 unspecified atom stereocenters. The van der Waals surface area contributed by atoms with E-state index < -0.39 is 7.92 Å². The first kappa shape index (κ1) is 33.0. The number of allylic oxidation sites excluding steroid dienone is 3. The van der Waals surface area contributed by atoms with E-state index in [-0.39, 0.29) is 26.2 Å². The molecular formula is C42H37PZr. The van der Waals surface area contributed by atoms with Crippen molar-refractivity contribution in [1.82, 2.24) is 0 Å². The van der Waals surface area contributed by atoms with Crippen molar-refractivity contribution in [3.63, 3.8) is 0 Å². The Bertz CT molecular complexity index is 1820. The van der Waals surface area contributed by atoms with E-state index in [9.17, 15) is 0 Å². The molecule has 214 valence electrons. The van der Waals surface area contributed by atoms with Crippen molar-refractivity contribution in [3.05, 3.63) is 188 Å². The van der Waals surface area contributed by atoms with Gasteiger partial charge in [0.05, 0.1) is 0 Å². The molecule has 0 aliphatic rings. The molecule has 7 aromatic rings. The first-order valence-electron chi connectivity index (χ1n) is 14.7. The average Bonchev–Trinajstić information content (AvgIpc) is 3.66. The Morgan fingerprint density at radius 3 is 1.75 bits per heavy atom. The summed E-state index contributed by atoms with van der Waals surface area (Å²) in [6.45, 7) is 7.57. The number of fused-ring (bicyclic) bond motifs is 2. The van der Waals surface area contributed by atoms with E-state index in [1.54, 1.807) is 6.08 Å². The van der Waals surface area contributed by atoms with Gasteiger partial charge in [-0.15, -0.1) is 74.9 Å². The Balaban J connectivity index is 0.000000177. The van der Waals surface area contributed by atoms with Crippen LogP contribution in [0.15, 0.2) is 183 Å². The number of hydrogen-bond donors (Lipinski definition) is 0. The van der Waals surface area contributed by atoms with Crippen LogP contribution < -0.4 is 15.9 Å². The van der Waals surface area contributed by atoms with E-state index in [2.05, 4.69) is 171 Å². The normalized spacial score (nSPS) is 10.5. The topological polar surface area (TPSA) is 0 Å². The summed E-state index contributed by atoms with van der Waals surface area (Å²) in [5.41, 5.74) is 3.95. The molecule has 0 N–H and O–H groups in total. The first-order valence-corrected chi connectivity index (χ1v) is 16.0. The maximum atomic E-state index is 3.46. The Hall–Kier alpha value is -3.89. The number of hydrogen-bond acceptors (Lipinski definition) is 0. The molecule has 0 aliphatic heterocycles. The molecule has 0 heterocycles. The zero-order chi connectivity index (χ0) is 29.9. The van der Waals surface area contributed by atoms with Gasteiger partial charge in [-0.3, -0.25) is 0 Å². The van der Waals surface area contributed by atoms with Gasteiger partial charge in [0, 0.05) is 0 Å². The second-order valence-corrected chi connectivity index (χ2v) is 12.5. The summed E-state index contributed by atoms with van der Waals surface area (Å²) in [5, 5.41) is 9.57. The van der Waals surface area contributed by atoms with Gasteiger partial charge in [0.25, 0.3) is 0 Å². The average molecular weight is 664 g/mol. The van der Waals surface area contributed by atoms with Crippen LogP contribution in [0.25, 0.3) is 32.7 Å². The van der Waals surface area contributed by atoms with Crippen molar-refractivity contribution in [1.29, 1.82) is 0 Å². The first-order chi connectivity index (χ1) is 21.2. The third-order valence-corrected chi connectivity index (χ3v) is 9.60. The third kappa shape index (κ3) is 8.39. The van der Waals surface area contributed by atoms with Crippen molar-refractivity contribution in [2.75, 3.05) is 0 Å². The van der Waals surface area contributed by atoms with Crippen LogP contribution in [0.5, 0.6) is 0 Å². The number of aryl methyl sites for hydroxylation is 1. The van der Waals surface area contributed by atoms with Crippen molar-refractivity contribution < 1.29 is 26.2 Å². The van der Waals surface area contributed by atoms with Crippen molar-refractivity contribution in [2.24, 2.45) is 0 Å². The van der Waals surface area contributed by atoms with Crippen molar-refractivity contribution in [2.45, 2.75) is 13.8 Å². The van der Waals surface area contributed by atoms with E-state index >= 15 is 0 Å². The maximum absolute atomic E-state index is 3.46. The van der Waals surface area contributed by atoms with Gasteiger partial charge in [0.2, 0.25) is 0 Å². The Kier molecular flexibility index (Phi) is 12.6. The number of rotatable bonds is 5. The van der Waals surface area contributed by atoms with Gasteiger partial charge in [0.1, 0.15) is 0 Å². The fourth-order valence-corrected chi connectivity index (χ4v) is 7.63. The van der Waals surface area contributed by atoms with Crippen LogP contribution in [0.1, 0.15) is 12.5 Å². The smallest absolute Gasteiger partial charge is 0.165 e. The van der Waals surface area contributed by atoms with E-state index in [1.807, 2.05) is 19.1 Å². The van der Waals surface area contributed by atoms with Gasteiger partial charge < -0.3 is 0 Å². The minimum absolute atomic E-state index is 0. The monoisotopic (exact) mass is 662 g/mol. The van der Waals surface area contributed by atoms with Crippen LogP contribution in [-0.4, -0.2) is 0 Å². The van der Waals surface area contributed by atoms with Crippen LogP contribution in [0.4, 0.5) is 0 Å². The molecule has 0 radical (unpaired) electrons. The van der Waals surface area contributed by atoms with Gasteiger partial charge in [-0.05, 0) is 31.0 Å². The second-order valence-electron chi connectivity index (χ2n) is 10.3. The molecule has 0 bridgehead atoms. The van der Waals surface area contributed by atoms with E-state index in [0.29, 0.717) is 0 Å². The molecular weight excluding hydrogens is 627 g/mol. The Morgan fingerprint density at radius 2 is 1.18 bits per heavy atom. The summed E-state index contributed by atoms with van der Waals surface area (Å²) in [6, 6.07) is 56.6. The van der Waals surface area contributed by atoms with Crippen molar-refractivity contribution in [3.8, 4) is 11.1 Å². The SMILES string of the molecule is C=C/C=C/C.Cc1cc2c(-c3ccccc3)cccc2[cH-]1.[Zr+2].c1ccc(P(c2ccccc2)c2cc3ccccc3[cH-]2)cc1.